The normalized spacial score (nSPS) is 11.2. The maximum absolute atomic E-state index is 6.27. The first kappa shape index (κ1) is 17.0. The SMILES string of the molecule is COc1ccccc1-c1nnc2c3ccccc3c(-c3cc(N)ccc3N)nn12. The molecular formula is C22H18N6O. The quantitative estimate of drug-likeness (QED) is 0.460. The van der Waals surface area contributed by atoms with Gasteiger partial charge in [0.15, 0.2) is 11.5 Å². The Kier molecular flexibility index (Phi) is 3.80. The largest absolute Gasteiger partial charge is 0.496 e. The molecule has 4 N–H and O–H groups in total. The number of para-hydroxylation sites is 1. The van der Waals surface area contributed by atoms with E-state index in [0.29, 0.717) is 34.3 Å². The summed E-state index contributed by atoms with van der Waals surface area (Å²) in [6, 6.07) is 21.0. The second-order valence-electron chi connectivity index (χ2n) is 6.70. The summed E-state index contributed by atoms with van der Waals surface area (Å²) in [6.45, 7) is 0. The minimum atomic E-state index is 0.590. The van der Waals surface area contributed by atoms with Crippen molar-refractivity contribution in [1.82, 2.24) is 19.8 Å². The van der Waals surface area contributed by atoms with E-state index in [2.05, 4.69) is 10.2 Å². The molecule has 0 aliphatic carbocycles. The van der Waals surface area contributed by atoms with Gasteiger partial charge in [-0.2, -0.15) is 9.61 Å². The molecule has 0 amide bonds. The zero-order chi connectivity index (χ0) is 20.0. The third kappa shape index (κ3) is 2.63. The molecule has 0 fully saturated rings. The molecule has 2 heterocycles. The number of nitrogens with two attached hydrogens (primary N) is 2. The fourth-order valence-corrected chi connectivity index (χ4v) is 3.56. The first-order valence-corrected chi connectivity index (χ1v) is 9.10. The second kappa shape index (κ2) is 6.49. The molecule has 0 radical (unpaired) electrons. The zero-order valence-electron chi connectivity index (χ0n) is 15.7. The highest BCUT2D eigenvalue weighted by molar-refractivity contribution is 6.03. The van der Waals surface area contributed by atoms with Crippen molar-refractivity contribution in [1.29, 1.82) is 0 Å². The van der Waals surface area contributed by atoms with Gasteiger partial charge in [-0.25, -0.2) is 0 Å². The van der Waals surface area contributed by atoms with Gasteiger partial charge in [0.25, 0.3) is 0 Å². The van der Waals surface area contributed by atoms with Gasteiger partial charge in [0.1, 0.15) is 11.4 Å². The van der Waals surface area contributed by atoms with Crippen molar-refractivity contribution in [2.24, 2.45) is 0 Å². The number of rotatable bonds is 3. The zero-order valence-corrected chi connectivity index (χ0v) is 15.7. The molecule has 0 aliphatic rings. The van der Waals surface area contributed by atoms with Crippen LogP contribution in [0.1, 0.15) is 0 Å². The fourth-order valence-electron chi connectivity index (χ4n) is 3.56. The van der Waals surface area contributed by atoms with E-state index in [-0.39, 0.29) is 0 Å². The maximum Gasteiger partial charge on any atom is 0.189 e. The van der Waals surface area contributed by atoms with Crippen LogP contribution in [0.4, 0.5) is 11.4 Å². The van der Waals surface area contributed by atoms with Crippen LogP contribution in [0.25, 0.3) is 39.1 Å². The molecule has 0 saturated carbocycles. The van der Waals surface area contributed by atoms with Gasteiger partial charge < -0.3 is 16.2 Å². The highest BCUT2D eigenvalue weighted by Gasteiger charge is 2.19. The van der Waals surface area contributed by atoms with E-state index in [1.54, 1.807) is 23.8 Å². The Balaban J connectivity index is 1.90. The number of nitrogens with zero attached hydrogens (tertiary/aromatic N) is 4. The number of hydrogen-bond acceptors (Lipinski definition) is 6. The summed E-state index contributed by atoms with van der Waals surface area (Å²) in [4.78, 5) is 0. The van der Waals surface area contributed by atoms with Crippen LogP contribution in [-0.2, 0) is 0 Å². The van der Waals surface area contributed by atoms with Crippen LogP contribution < -0.4 is 16.2 Å². The van der Waals surface area contributed by atoms with Crippen molar-refractivity contribution in [2.45, 2.75) is 0 Å². The first-order valence-electron chi connectivity index (χ1n) is 9.10. The maximum atomic E-state index is 6.27. The first-order chi connectivity index (χ1) is 14.2. The molecule has 142 valence electrons. The number of methoxy groups -OCH3 is 1. The Morgan fingerprint density at radius 1 is 0.828 bits per heavy atom. The van der Waals surface area contributed by atoms with Gasteiger partial charge in [-0.15, -0.1) is 10.2 Å². The number of ether oxygens (including phenoxy) is 1. The predicted octanol–water partition coefficient (Wildman–Crippen LogP) is 3.78. The second-order valence-corrected chi connectivity index (χ2v) is 6.70. The predicted molar refractivity (Wildman–Crippen MR) is 115 cm³/mol. The van der Waals surface area contributed by atoms with E-state index in [1.807, 2.05) is 54.6 Å². The highest BCUT2D eigenvalue weighted by Crippen LogP contribution is 2.35. The van der Waals surface area contributed by atoms with Crippen molar-refractivity contribution in [3.63, 3.8) is 0 Å². The number of fused-ring (bicyclic) bond motifs is 3. The van der Waals surface area contributed by atoms with E-state index >= 15 is 0 Å². The fraction of sp³-hybridized carbons (Fsp3) is 0.0455. The number of aromatic nitrogens is 4. The molecule has 7 nitrogen and oxygen atoms in total. The molecule has 3 aromatic carbocycles. The minimum absolute atomic E-state index is 0.590. The van der Waals surface area contributed by atoms with Gasteiger partial charge in [-0.3, -0.25) is 0 Å². The van der Waals surface area contributed by atoms with Crippen molar-refractivity contribution in [3.8, 4) is 28.4 Å². The van der Waals surface area contributed by atoms with Crippen LogP contribution in [0, 0.1) is 0 Å². The van der Waals surface area contributed by atoms with Crippen molar-refractivity contribution in [3.05, 3.63) is 66.7 Å². The van der Waals surface area contributed by atoms with E-state index in [0.717, 1.165) is 21.9 Å². The Hall–Kier alpha value is -4.13. The van der Waals surface area contributed by atoms with Crippen LogP contribution in [-0.4, -0.2) is 26.9 Å². The molecule has 0 unspecified atom stereocenters. The average Bonchev–Trinajstić information content (AvgIpc) is 3.19. The molecule has 2 aromatic heterocycles. The third-order valence-corrected chi connectivity index (χ3v) is 4.94. The Morgan fingerprint density at radius 2 is 1.59 bits per heavy atom. The summed E-state index contributed by atoms with van der Waals surface area (Å²) in [7, 11) is 1.63. The van der Waals surface area contributed by atoms with E-state index in [9.17, 15) is 0 Å². The molecule has 0 spiro atoms. The van der Waals surface area contributed by atoms with Crippen LogP contribution >= 0.6 is 0 Å². The molecule has 5 aromatic rings. The van der Waals surface area contributed by atoms with Gasteiger partial charge in [0.05, 0.1) is 12.7 Å². The monoisotopic (exact) mass is 382 g/mol. The van der Waals surface area contributed by atoms with Crippen LogP contribution in [0.5, 0.6) is 5.75 Å². The highest BCUT2D eigenvalue weighted by atomic mass is 16.5. The summed E-state index contributed by atoms with van der Waals surface area (Å²) in [5.41, 5.74) is 16.5. The van der Waals surface area contributed by atoms with E-state index in [4.69, 9.17) is 21.3 Å². The molecule has 0 bridgehead atoms. The topological polar surface area (TPSA) is 104 Å². The Labute approximate surface area is 166 Å². The molecular weight excluding hydrogens is 364 g/mol. The molecule has 0 atom stereocenters. The minimum Gasteiger partial charge on any atom is -0.496 e. The summed E-state index contributed by atoms with van der Waals surface area (Å²) >= 11 is 0. The lowest BCUT2D eigenvalue weighted by Crippen LogP contribution is -2.02. The van der Waals surface area contributed by atoms with Gasteiger partial charge in [-0.05, 0) is 30.3 Å². The van der Waals surface area contributed by atoms with Crippen molar-refractivity contribution < 1.29 is 4.74 Å². The molecule has 29 heavy (non-hydrogen) atoms. The summed E-state index contributed by atoms with van der Waals surface area (Å²) in [6.07, 6.45) is 0. The van der Waals surface area contributed by atoms with E-state index < -0.39 is 0 Å². The lowest BCUT2D eigenvalue weighted by Gasteiger charge is -2.12. The number of anilines is 2. The molecule has 7 heteroatoms. The summed E-state index contributed by atoms with van der Waals surface area (Å²) < 4.78 is 7.24. The Morgan fingerprint density at radius 3 is 2.41 bits per heavy atom. The summed E-state index contributed by atoms with van der Waals surface area (Å²) in [5, 5.41) is 15.6. The smallest absolute Gasteiger partial charge is 0.189 e. The average molecular weight is 382 g/mol. The lowest BCUT2D eigenvalue weighted by molar-refractivity contribution is 0.416. The van der Waals surface area contributed by atoms with Crippen LogP contribution in [0.15, 0.2) is 66.7 Å². The Bertz CT molecular complexity index is 1370. The van der Waals surface area contributed by atoms with E-state index in [1.165, 1.54) is 0 Å². The standard InChI is InChI=1S/C22H18N6O/c1-29-19-9-5-4-8-16(19)22-26-25-21-15-7-3-2-6-14(15)20(27-28(21)22)17-12-13(23)10-11-18(17)24/h2-12H,23-24H2,1H3. The van der Waals surface area contributed by atoms with Gasteiger partial charge in [0, 0.05) is 27.7 Å². The van der Waals surface area contributed by atoms with Crippen molar-refractivity contribution >= 4 is 27.8 Å². The van der Waals surface area contributed by atoms with Crippen molar-refractivity contribution in [2.75, 3.05) is 18.6 Å². The number of benzene rings is 3. The summed E-state index contributed by atoms with van der Waals surface area (Å²) in [5.74, 6) is 1.29. The lowest BCUT2D eigenvalue weighted by atomic mass is 10.0. The third-order valence-electron chi connectivity index (χ3n) is 4.94. The van der Waals surface area contributed by atoms with Crippen LogP contribution in [0.3, 0.4) is 0 Å². The van der Waals surface area contributed by atoms with Gasteiger partial charge >= 0.3 is 0 Å². The number of nitrogen functional groups attached to an aromatic ring is 2. The molecule has 0 saturated heterocycles. The number of hydrogen-bond donors (Lipinski definition) is 2. The van der Waals surface area contributed by atoms with Gasteiger partial charge in [0.2, 0.25) is 0 Å². The molecule has 0 aliphatic heterocycles. The molecule has 5 rings (SSSR count). The van der Waals surface area contributed by atoms with Gasteiger partial charge in [-0.1, -0.05) is 36.4 Å². The van der Waals surface area contributed by atoms with Crippen LogP contribution in [0.2, 0.25) is 0 Å².